The van der Waals surface area contributed by atoms with Crippen LogP contribution in [0.25, 0.3) is 0 Å². The van der Waals surface area contributed by atoms with Crippen molar-refractivity contribution < 1.29 is 9.53 Å². The molecule has 2 aromatic heterocycles. The summed E-state index contributed by atoms with van der Waals surface area (Å²) in [6.07, 6.45) is 4.12. The van der Waals surface area contributed by atoms with Crippen molar-refractivity contribution in [2.75, 3.05) is 7.11 Å². The molecule has 1 N–H and O–H groups in total. The van der Waals surface area contributed by atoms with E-state index >= 15 is 0 Å². The fourth-order valence-corrected chi connectivity index (χ4v) is 3.41. The van der Waals surface area contributed by atoms with Gasteiger partial charge in [0.15, 0.2) is 0 Å². The van der Waals surface area contributed by atoms with Crippen LogP contribution < -0.4 is 5.32 Å². The second-order valence-electron chi connectivity index (χ2n) is 5.75. The lowest BCUT2D eigenvalue weighted by molar-refractivity contribution is 0.0935. The zero-order valence-electron chi connectivity index (χ0n) is 12.8. The Labute approximate surface area is 134 Å². The number of carbonyl (C=O) groups excluding carboxylic acids is 1. The Morgan fingerprint density at radius 1 is 1.45 bits per heavy atom. The number of rotatable bonds is 6. The first-order valence-electron chi connectivity index (χ1n) is 7.48. The maximum atomic E-state index is 12.5. The average Bonchev–Trinajstić information content (AvgIpc) is 3.23. The highest BCUT2D eigenvalue weighted by atomic mass is 32.1. The fourth-order valence-electron chi connectivity index (χ4n) is 2.52. The minimum atomic E-state index is -0.0208. The molecule has 4 nitrogen and oxygen atoms in total. The van der Waals surface area contributed by atoms with Crippen LogP contribution in [0.4, 0.5) is 0 Å². The fraction of sp³-hybridized carbons (Fsp3) is 0.412. The van der Waals surface area contributed by atoms with Crippen LogP contribution in [0, 0.1) is 12.8 Å². The van der Waals surface area contributed by atoms with Crippen molar-refractivity contribution in [3.63, 3.8) is 0 Å². The molecule has 1 saturated carbocycles. The van der Waals surface area contributed by atoms with Gasteiger partial charge in [-0.1, -0.05) is 0 Å². The Hall–Kier alpha value is -1.72. The van der Waals surface area contributed by atoms with E-state index in [0.717, 1.165) is 28.3 Å². The molecular formula is C17H20N2O2S. The Morgan fingerprint density at radius 3 is 2.95 bits per heavy atom. The molecule has 0 aliphatic heterocycles. The van der Waals surface area contributed by atoms with Crippen LogP contribution in [0.15, 0.2) is 30.5 Å². The van der Waals surface area contributed by atoms with Crippen molar-refractivity contribution in [1.82, 2.24) is 10.3 Å². The topological polar surface area (TPSA) is 51.2 Å². The summed E-state index contributed by atoms with van der Waals surface area (Å²) < 4.78 is 5.10. The molecule has 0 saturated heterocycles. The van der Waals surface area contributed by atoms with E-state index in [1.54, 1.807) is 7.11 Å². The monoisotopic (exact) mass is 316 g/mol. The van der Waals surface area contributed by atoms with E-state index in [1.165, 1.54) is 16.9 Å². The highest BCUT2D eigenvalue weighted by Gasteiger charge is 2.34. The third-order valence-electron chi connectivity index (χ3n) is 3.81. The number of nitrogens with one attached hydrogen (secondary N) is 1. The zero-order chi connectivity index (χ0) is 15.5. The third kappa shape index (κ3) is 3.54. The van der Waals surface area contributed by atoms with Gasteiger partial charge in [0.05, 0.1) is 23.2 Å². The minimum Gasteiger partial charge on any atom is -0.379 e. The number of aryl methyl sites for hydroxylation is 1. The minimum absolute atomic E-state index is 0.0142. The van der Waals surface area contributed by atoms with Crippen LogP contribution in [0.2, 0.25) is 0 Å². The lowest BCUT2D eigenvalue weighted by atomic mass is 10.1. The molecule has 22 heavy (non-hydrogen) atoms. The Morgan fingerprint density at radius 2 is 2.27 bits per heavy atom. The zero-order valence-corrected chi connectivity index (χ0v) is 13.7. The first-order chi connectivity index (χ1) is 10.7. The lowest BCUT2D eigenvalue weighted by Crippen LogP contribution is -2.30. The largest absolute Gasteiger partial charge is 0.379 e. The molecule has 5 heteroatoms. The Kier molecular flexibility index (Phi) is 4.55. The van der Waals surface area contributed by atoms with Gasteiger partial charge in [0.2, 0.25) is 0 Å². The van der Waals surface area contributed by atoms with Crippen molar-refractivity contribution in [3.8, 4) is 0 Å². The maximum Gasteiger partial charge on any atom is 0.261 e. The molecule has 2 aromatic rings. The number of carbonyl (C=O) groups is 1. The molecule has 1 aliphatic rings. The molecular weight excluding hydrogens is 296 g/mol. The van der Waals surface area contributed by atoms with Crippen LogP contribution in [0.3, 0.4) is 0 Å². The van der Waals surface area contributed by atoms with Gasteiger partial charge in [0.25, 0.3) is 5.91 Å². The summed E-state index contributed by atoms with van der Waals surface area (Å²) in [5.74, 6) is 0.490. The number of thiophene rings is 1. The van der Waals surface area contributed by atoms with E-state index in [4.69, 9.17) is 4.74 Å². The van der Waals surface area contributed by atoms with Crippen molar-refractivity contribution >= 4 is 17.2 Å². The van der Waals surface area contributed by atoms with E-state index in [9.17, 15) is 4.79 Å². The first kappa shape index (κ1) is 15.2. The van der Waals surface area contributed by atoms with E-state index in [2.05, 4.69) is 16.4 Å². The number of hydrogen-bond donors (Lipinski definition) is 1. The van der Waals surface area contributed by atoms with Crippen molar-refractivity contribution in [2.45, 2.75) is 32.4 Å². The van der Waals surface area contributed by atoms with Crippen LogP contribution in [0.5, 0.6) is 0 Å². The van der Waals surface area contributed by atoms with Gasteiger partial charge in [0, 0.05) is 18.2 Å². The number of nitrogens with zero attached hydrogens (tertiary/aromatic N) is 1. The molecule has 2 heterocycles. The number of hydrogen-bond acceptors (Lipinski definition) is 4. The molecule has 0 spiro atoms. The summed E-state index contributed by atoms with van der Waals surface area (Å²) in [5.41, 5.74) is 2.13. The first-order valence-corrected chi connectivity index (χ1v) is 8.30. The standard InChI is InChI=1S/C17H20N2O2S/c1-11-7-8-18-14(9-11)16(12-3-4-12)19-17(20)15-6-5-13(22-15)10-21-2/h5-9,12,16H,3-4,10H2,1-2H3,(H,19,20)/t16-/m0/s1. The van der Waals surface area contributed by atoms with Gasteiger partial charge in [0.1, 0.15) is 0 Å². The molecule has 0 unspecified atom stereocenters. The highest BCUT2D eigenvalue weighted by Crippen LogP contribution is 2.40. The maximum absolute atomic E-state index is 12.5. The van der Waals surface area contributed by atoms with Gasteiger partial charge in [-0.2, -0.15) is 0 Å². The molecule has 1 atom stereocenters. The average molecular weight is 316 g/mol. The number of methoxy groups -OCH3 is 1. The molecule has 0 bridgehead atoms. The van der Waals surface area contributed by atoms with E-state index in [1.807, 2.05) is 31.3 Å². The SMILES string of the molecule is COCc1ccc(C(=O)N[C@H](c2cc(C)ccn2)C2CC2)s1. The summed E-state index contributed by atoms with van der Waals surface area (Å²) in [7, 11) is 1.66. The molecule has 0 aromatic carbocycles. The van der Waals surface area contributed by atoms with Crippen LogP contribution in [-0.2, 0) is 11.3 Å². The number of amides is 1. The molecule has 116 valence electrons. The van der Waals surface area contributed by atoms with Crippen molar-refractivity contribution in [3.05, 3.63) is 51.5 Å². The predicted molar refractivity (Wildman–Crippen MR) is 86.9 cm³/mol. The van der Waals surface area contributed by atoms with Crippen molar-refractivity contribution in [1.29, 1.82) is 0 Å². The van der Waals surface area contributed by atoms with Crippen LogP contribution in [-0.4, -0.2) is 18.0 Å². The van der Waals surface area contributed by atoms with Crippen molar-refractivity contribution in [2.24, 2.45) is 5.92 Å². The van der Waals surface area contributed by atoms with Gasteiger partial charge in [-0.25, -0.2) is 0 Å². The van der Waals surface area contributed by atoms with E-state index in [0.29, 0.717) is 12.5 Å². The predicted octanol–water partition coefficient (Wildman–Crippen LogP) is 3.48. The summed E-state index contributed by atoms with van der Waals surface area (Å²) in [4.78, 5) is 18.7. The molecule has 1 aliphatic carbocycles. The number of aromatic nitrogens is 1. The Balaban J connectivity index is 1.74. The van der Waals surface area contributed by atoms with Gasteiger partial charge in [-0.05, 0) is 55.5 Å². The van der Waals surface area contributed by atoms with Gasteiger partial charge >= 0.3 is 0 Å². The van der Waals surface area contributed by atoms with Crippen LogP contribution in [0.1, 0.15) is 44.7 Å². The van der Waals surface area contributed by atoms with Gasteiger partial charge in [-0.15, -0.1) is 11.3 Å². The molecule has 0 radical (unpaired) electrons. The summed E-state index contributed by atoms with van der Waals surface area (Å²) in [6, 6.07) is 7.86. The van der Waals surface area contributed by atoms with Gasteiger partial charge < -0.3 is 10.1 Å². The van der Waals surface area contributed by atoms with E-state index in [-0.39, 0.29) is 11.9 Å². The van der Waals surface area contributed by atoms with Crippen LogP contribution >= 0.6 is 11.3 Å². The number of pyridine rings is 1. The lowest BCUT2D eigenvalue weighted by Gasteiger charge is -2.17. The summed E-state index contributed by atoms with van der Waals surface area (Å²) in [5, 5.41) is 3.16. The normalized spacial score (nSPS) is 15.5. The summed E-state index contributed by atoms with van der Waals surface area (Å²) >= 11 is 1.48. The highest BCUT2D eigenvalue weighted by molar-refractivity contribution is 7.14. The molecule has 3 rings (SSSR count). The Bertz CT molecular complexity index is 664. The second kappa shape index (κ2) is 6.58. The molecule has 1 amide bonds. The molecule has 1 fully saturated rings. The van der Waals surface area contributed by atoms with Gasteiger partial charge in [-0.3, -0.25) is 9.78 Å². The quantitative estimate of drug-likeness (QED) is 0.887. The smallest absolute Gasteiger partial charge is 0.261 e. The van der Waals surface area contributed by atoms with E-state index < -0.39 is 0 Å². The third-order valence-corrected chi connectivity index (χ3v) is 4.86. The second-order valence-corrected chi connectivity index (χ2v) is 6.91. The summed E-state index contributed by atoms with van der Waals surface area (Å²) in [6.45, 7) is 2.59. The number of ether oxygens (including phenoxy) is 1.